The lowest BCUT2D eigenvalue weighted by molar-refractivity contribution is 0.318. The Bertz CT molecular complexity index is 433. The maximum atomic E-state index is 10.7. The topological polar surface area (TPSA) is 63.7 Å². The highest BCUT2D eigenvalue weighted by atomic mass is 32.2. The zero-order chi connectivity index (χ0) is 12.9. The van der Waals surface area contributed by atoms with Gasteiger partial charge in [0.05, 0.1) is 12.5 Å². The molecular weight excluding hydrogens is 240 g/mol. The maximum Gasteiger partial charge on any atom is 0.108 e. The third kappa shape index (κ3) is 5.16. The molecule has 0 fully saturated rings. The van der Waals surface area contributed by atoms with Crippen molar-refractivity contribution < 1.29 is 13.0 Å². The van der Waals surface area contributed by atoms with Gasteiger partial charge in [0.15, 0.2) is 0 Å². The minimum absolute atomic E-state index is 0.405. The minimum Gasteiger partial charge on any atom is -0.747 e. The van der Waals surface area contributed by atoms with Gasteiger partial charge in [-0.25, -0.2) is 8.42 Å². The van der Waals surface area contributed by atoms with Crippen LogP contribution in [0.2, 0.25) is 0 Å². The highest BCUT2D eigenvalue weighted by Crippen LogP contribution is 2.11. The van der Waals surface area contributed by atoms with Gasteiger partial charge in [0, 0.05) is 12.7 Å². The summed E-state index contributed by atoms with van der Waals surface area (Å²) in [6, 6.07) is 9.59. The number of nitrogens with zero attached hydrogens (tertiary/aromatic N) is 2. The molecule has 5 nitrogen and oxygen atoms in total. The molecule has 1 aromatic rings. The first kappa shape index (κ1) is 14.0. The third-order valence-corrected chi connectivity index (χ3v) is 3.08. The molecule has 0 aromatic heterocycles. The second kappa shape index (κ2) is 6.00. The lowest BCUT2D eigenvalue weighted by atomic mass is 10.3. The van der Waals surface area contributed by atoms with Crippen LogP contribution in [0.25, 0.3) is 0 Å². The standard InChI is InChI=1S/C11H18N2O3S/c1-3-13(10-17(14,15)16)9-12(2)11-7-5-4-6-8-11/h4-8H,3,9-10H2,1-2H3,(H,14,15,16)/p-1. The average Bonchev–Trinajstić information content (AvgIpc) is 2.27. The summed E-state index contributed by atoms with van der Waals surface area (Å²) in [5.41, 5.74) is 0.981. The first-order chi connectivity index (χ1) is 7.92. The van der Waals surface area contributed by atoms with E-state index in [1.165, 1.54) is 0 Å². The Morgan fingerprint density at radius 1 is 1.24 bits per heavy atom. The van der Waals surface area contributed by atoms with Crippen molar-refractivity contribution in [2.75, 3.05) is 31.0 Å². The summed E-state index contributed by atoms with van der Waals surface area (Å²) >= 11 is 0. The van der Waals surface area contributed by atoms with Crippen LogP contribution in [-0.4, -0.2) is 44.0 Å². The molecule has 0 radical (unpaired) electrons. The Morgan fingerprint density at radius 2 is 1.82 bits per heavy atom. The molecule has 1 rings (SSSR count). The molecule has 0 unspecified atom stereocenters. The van der Waals surface area contributed by atoms with Gasteiger partial charge in [-0.1, -0.05) is 25.1 Å². The van der Waals surface area contributed by atoms with Crippen LogP contribution in [0.1, 0.15) is 6.92 Å². The molecule has 0 aliphatic heterocycles. The predicted molar refractivity (Wildman–Crippen MR) is 66.7 cm³/mol. The van der Waals surface area contributed by atoms with Crippen LogP contribution in [0.5, 0.6) is 0 Å². The van der Waals surface area contributed by atoms with Gasteiger partial charge in [0.2, 0.25) is 0 Å². The van der Waals surface area contributed by atoms with Crippen molar-refractivity contribution in [3.8, 4) is 0 Å². The molecule has 0 saturated heterocycles. The fourth-order valence-electron chi connectivity index (χ4n) is 1.52. The van der Waals surface area contributed by atoms with Crippen molar-refractivity contribution in [2.24, 2.45) is 0 Å². The summed E-state index contributed by atoms with van der Waals surface area (Å²) in [4.78, 5) is 3.48. The summed E-state index contributed by atoms with van der Waals surface area (Å²) < 4.78 is 32.1. The number of hydrogen-bond acceptors (Lipinski definition) is 5. The molecule has 6 heteroatoms. The molecule has 1 aromatic carbocycles. The van der Waals surface area contributed by atoms with Crippen molar-refractivity contribution in [3.63, 3.8) is 0 Å². The molecule has 0 bridgehead atoms. The summed E-state index contributed by atoms with van der Waals surface area (Å²) in [5, 5.41) is 0. The normalized spacial score (nSPS) is 11.8. The Balaban J connectivity index is 2.63. The molecule has 0 heterocycles. The van der Waals surface area contributed by atoms with Gasteiger partial charge in [-0.3, -0.25) is 4.90 Å². The van der Waals surface area contributed by atoms with E-state index in [9.17, 15) is 13.0 Å². The van der Waals surface area contributed by atoms with Crippen molar-refractivity contribution in [1.82, 2.24) is 4.90 Å². The minimum atomic E-state index is -4.21. The zero-order valence-corrected chi connectivity index (χ0v) is 10.9. The van der Waals surface area contributed by atoms with Gasteiger partial charge in [-0.2, -0.15) is 0 Å². The lowest BCUT2D eigenvalue weighted by Gasteiger charge is -2.28. The fourth-order valence-corrected chi connectivity index (χ4v) is 2.23. The molecule has 0 atom stereocenters. The molecule has 0 N–H and O–H groups in total. The summed E-state index contributed by atoms with van der Waals surface area (Å²) in [7, 11) is -2.36. The Kier molecular flexibility index (Phi) is 4.92. The van der Waals surface area contributed by atoms with Crippen LogP contribution in [-0.2, 0) is 10.1 Å². The van der Waals surface area contributed by atoms with Crippen molar-refractivity contribution in [1.29, 1.82) is 0 Å². The predicted octanol–water partition coefficient (Wildman–Crippen LogP) is 0.905. The van der Waals surface area contributed by atoms with E-state index in [0.717, 1.165) is 5.69 Å². The zero-order valence-electron chi connectivity index (χ0n) is 10.0. The van der Waals surface area contributed by atoms with E-state index in [1.54, 1.807) is 4.90 Å². The number of hydrogen-bond donors (Lipinski definition) is 0. The van der Waals surface area contributed by atoms with Crippen molar-refractivity contribution in [3.05, 3.63) is 30.3 Å². The molecule has 0 saturated carbocycles. The van der Waals surface area contributed by atoms with Crippen molar-refractivity contribution in [2.45, 2.75) is 6.92 Å². The largest absolute Gasteiger partial charge is 0.747 e. The molecule has 0 spiro atoms. The van der Waals surface area contributed by atoms with E-state index in [0.29, 0.717) is 13.2 Å². The van der Waals surface area contributed by atoms with Crippen LogP contribution in [0.4, 0.5) is 5.69 Å². The maximum absolute atomic E-state index is 10.7. The monoisotopic (exact) mass is 257 g/mol. The molecular formula is C11H17N2O3S-. The van der Waals surface area contributed by atoms with Crippen LogP contribution in [0.15, 0.2) is 30.3 Å². The third-order valence-electron chi connectivity index (χ3n) is 2.40. The fraction of sp³-hybridized carbons (Fsp3) is 0.455. The summed E-state index contributed by atoms with van der Waals surface area (Å²) in [6.45, 7) is 2.74. The van der Waals surface area contributed by atoms with E-state index in [1.807, 2.05) is 49.2 Å². The Hall–Kier alpha value is -1.11. The number of anilines is 1. The molecule has 96 valence electrons. The van der Waals surface area contributed by atoms with Crippen LogP contribution >= 0.6 is 0 Å². The van der Waals surface area contributed by atoms with E-state index in [2.05, 4.69) is 0 Å². The van der Waals surface area contributed by atoms with Gasteiger partial charge < -0.3 is 9.45 Å². The molecule has 0 aliphatic rings. The number of benzene rings is 1. The summed E-state index contributed by atoms with van der Waals surface area (Å²) in [5.74, 6) is -0.458. The smallest absolute Gasteiger partial charge is 0.108 e. The first-order valence-corrected chi connectivity index (χ1v) is 6.92. The van der Waals surface area contributed by atoms with E-state index in [-0.39, 0.29) is 0 Å². The quantitative estimate of drug-likeness (QED) is 0.560. The van der Waals surface area contributed by atoms with E-state index in [4.69, 9.17) is 0 Å². The molecule has 17 heavy (non-hydrogen) atoms. The van der Waals surface area contributed by atoms with Crippen molar-refractivity contribution >= 4 is 15.8 Å². The molecule has 0 aliphatic carbocycles. The number of para-hydroxylation sites is 1. The Morgan fingerprint density at radius 3 is 2.29 bits per heavy atom. The second-order valence-electron chi connectivity index (χ2n) is 3.85. The van der Waals surface area contributed by atoms with Gasteiger partial charge in [0.25, 0.3) is 0 Å². The highest BCUT2D eigenvalue weighted by Gasteiger charge is 2.09. The lowest BCUT2D eigenvalue weighted by Crippen LogP contribution is -2.38. The first-order valence-electron chi connectivity index (χ1n) is 5.34. The highest BCUT2D eigenvalue weighted by molar-refractivity contribution is 7.85. The van der Waals surface area contributed by atoms with Gasteiger partial charge >= 0.3 is 0 Å². The van der Waals surface area contributed by atoms with Crippen LogP contribution in [0.3, 0.4) is 0 Å². The van der Waals surface area contributed by atoms with Gasteiger partial charge in [-0.05, 0) is 18.7 Å². The van der Waals surface area contributed by atoms with E-state index >= 15 is 0 Å². The van der Waals surface area contributed by atoms with Crippen LogP contribution in [0, 0.1) is 0 Å². The van der Waals surface area contributed by atoms with E-state index < -0.39 is 16.0 Å². The van der Waals surface area contributed by atoms with Gasteiger partial charge in [0.1, 0.15) is 10.1 Å². The second-order valence-corrected chi connectivity index (χ2v) is 5.22. The molecule has 0 amide bonds. The van der Waals surface area contributed by atoms with Crippen LogP contribution < -0.4 is 4.90 Å². The van der Waals surface area contributed by atoms with Gasteiger partial charge in [-0.15, -0.1) is 0 Å². The Labute approximate surface area is 102 Å². The summed E-state index contributed by atoms with van der Waals surface area (Å²) in [6.07, 6.45) is 0. The number of rotatable bonds is 6. The average molecular weight is 257 g/mol. The SMILES string of the molecule is CCN(CN(C)c1ccccc1)CS(=O)(=O)[O-].